The molecule has 0 spiro atoms. The molecule has 0 saturated carbocycles. The summed E-state index contributed by atoms with van der Waals surface area (Å²) in [5.74, 6) is 0.644. The minimum atomic E-state index is 0.0776. The zero-order valence-electron chi connectivity index (χ0n) is 15.9. The van der Waals surface area contributed by atoms with Gasteiger partial charge in [0.1, 0.15) is 5.52 Å². The fraction of sp³-hybridized carbons (Fsp3) is 0.409. The Labute approximate surface area is 164 Å². The van der Waals surface area contributed by atoms with Crippen molar-refractivity contribution >= 4 is 17.1 Å². The van der Waals surface area contributed by atoms with Crippen LogP contribution in [0.15, 0.2) is 48.9 Å². The number of pyridine rings is 1. The van der Waals surface area contributed by atoms with E-state index in [1.807, 2.05) is 23.4 Å². The Balaban J connectivity index is 1.33. The van der Waals surface area contributed by atoms with Gasteiger partial charge in [-0.2, -0.15) is 0 Å². The largest absolute Gasteiger partial charge is 0.337 e. The van der Waals surface area contributed by atoms with Crippen molar-refractivity contribution in [3.63, 3.8) is 0 Å². The van der Waals surface area contributed by atoms with Gasteiger partial charge < -0.3 is 14.8 Å². The molecule has 144 valence electrons. The van der Waals surface area contributed by atoms with Crippen LogP contribution in [0.25, 0.3) is 11.2 Å². The van der Waals surface area contributed by atoms with Crippen LogP contribution in [-0.4, -0.2) is 51.0 Å². The maximum atomic E-state index is 13.1. The summed E-state index contributed by atoms with van der Waals surface area (Å²) in [6, 6.07) is 12.7. The summed E-state index contributed by atoms with van der Waals surface area (Å²) in [6.45, 7) is 3.48. The van der Waals surface area contributed by atoms with Crippen LogP contribution in [-0.2, 0) is 13.0 Å². The third kappa shape index (κ3) is 3.40. The minimum Gasteiger partial charge on any atom is -0.337 e. The summed E-state index contributed by atoms with van der Waals surface area (Å²) in [7, 11) is 0. The summed E-state index contributed by atoms with van der Waals surface area (Å²) in [4.78, 5) is 24.1. The fourth-order valence-electron chi connectivity index (χ4n) is 4.41. The highest BCUT2D eigenvalue weighted by molar-refractivity contribution is 5.96. The summed E-state index contributed by atoms with van der Waals surface area (Å²) < 4.78 is 2.06. The highest BCUT2D eigenvalue weighted by atomic mass is 16.2. The van der Waals surface area contributed by atoms with Gasteiger partial charge in [0.2, 0.25) is 0 Å². The first-order valence-electron chi connectivity index (χ1n) is 10.1. The van der Waals surface area contributed by atoms with Crippen LogP contribution in [0.5, 0.6) is 0 Å². The van der Waals surface area contributed by atoms with Crippen LogP contribution in [0, 0.1) is 5.92 Å². The molecule has 5 heterocycles. The molecule has 6 nitrogen and oxygen atoms in total. The van der Waals surface area contributed by atoms with Crippen molar-refractivity contribution in [2.45, 2.75) is 31.8 Å². The number of rotatable bonds is 4. The first kappa shape index (κ1) is 17.4. The number of hydrogen-bond donors (Lipinski definition) is 1. The molecule has 0 radical (unpaired) electrons. The highest BCUT2D eigenvalue weighted by Crippen LogP contribution is 2.23. The lowest BCUT2D eigenvalue weighted by molar-refractivity contribution is 0.0748. The summed E-state index contributed by atoms with van der Waals surface area (Å²) in [5, 5.41) is 3.55. The Hall–Kier alpha value is -2.73. The van der Waals surface area contributed by atoms with Crippen molar-refractivity contribution in [2.75, 3.05) is 19.6 Å². The van der Waals surface area contributed by atoms with E-state index >= 15 is 0 Å². The molecule has 28 heavy (non-hydrogen) atoms. The van der Waals surface area contributed by atoms with Crippen molar-refractivity contribution in [3.8, 4) is 0 Å². The maximum absolute atomic E-state index is 13.1. The van der Waals surface area contributed by atoms with E-state index in [-0.39, 0.29) is 5.91 Å². The number of imidazole rings is 1. The van der Waals surface area contributed by atoms with Crippen molar-refractivity contribution in [2.24, 2.45) is 5.92 Å². The summed E-state index contributed by atoms with van der Waals surface area (Å²) in [6.07, 6.45) is 6.84. The van der Waals surface area contributed by atoms with Crippen LogP contribution in [0.2, 0.25) is 0 Å². The van der Waals surface area contributed by atoms with Crippen LogP contribution in [0.1, 0.15) is 28.8 Å². The Morgan fingerprint density at radius 3 is 2.86 bits per heavy atom. The quantitative estimate of drug-likeness (QED) is 0.761. The number of aryl methyl sites for hydroxylation is 2. The molecular formula is C22H25N5O. The molecule has 2 bridgehead atoms. The van der Waals surface area contributed by atoms with E-state index in [1.165, 1.54) is 12.0 Å². The predicted molar refractivity (Wildman–Crippen MR) is 108 cm³/mol. The van der Waals surface area contributed by atoms with Crippen LogP contribution in [0.4, 0.5) is 0 Å². The monoisotopic (exact) mass is 375 g/mol. The minimum absolute atomic E-state index is 0.0776. The van der Waals surface area contributed by atoms with Crippen LogP contribution >= 0.6 is 0 Å². The summed E-state index contributed by atoms with van der Waals surface area (Å²) in [5.41, 5.74) is 3.56. The molecule has 2 atom stereocenters. The van der Waals surface area contributed by atoms with Gasteiger partial charge in [0, 0.05) is 31.9 Å². The number of fused-ring (bicyclic) bond motifs is 5. The number of piperidine rings is 1. The second-order valence-corrected chi connectivity index (χ2v) is 8.00. The Morgan fingerprint density at radius 1 is 1.14 bits per heavy atom. The third-order valence-corrected chi connectivity index (χ3v) is 6.01. The molecule has 6 heteroatoms. The molecule has 3 aliphatic heterocycles. The zero-order valence-corrected chi connectivity index (χ0v) is 15.9. The van der Waals surface area contributed by atoms with E-state index in [2.05, 4.69) is 44.1 Å². The fourth-order valence-corrected chi connectivity index (χ4v) is 4.41. The number of carbonyl (C=O) groups is 1. The average molecular weight is 375 g/mol. The average Bonchev–Trinajstić information content (AvgIpc) is 2.90. The predicted octanol–water partition coefficient (Wildman–Crippen LogP) is 2.50. The van der Waals surface area contributed by atoms with Gasteiger partial charge in [-0.15, -0.1) is 0 Å². The van der Waals surface area contributed by atoms with E-state index in [1.54, 1.807) is 6.20 Å². The second-order valence-electron chi connectivity index (χ2n) is 8.00. The smallest absolute Gasteiger partial charge is 0.255 e. The lowest BCUT2D eigenvalue weighted by Crippen LogP contribution is -2.40. The molecule has 3 fully saturated rings. The number of hydrogen-bond acceptors (Lipinski definition) is 4. The van der Waals surface area contributed by atoms with E-state index in [0.29, 0.717) is 17.5 Å². The molecule has 3 saturated heterocycles. The lowest BCUT2D eigenvalue weighted by atomic mass is 9.97. The molecule has 6 rings (SSSR count). The van der Waals surface area contributed by atoms with Gasteiger partial charge in [0.05, 0.1) is 11.9 Å². The number of nitrogens with one attached hydrogen (secondary N) is 1. The van der Waals surface area contributed by atoms with Gasteiger partial charge in [-0.05, 0) is 43.4 Å². The molecular weight excluding hydrogens is 350 g/mol. The van der Waals surface area contributed by atoms with Crippen LogP contribution < -0.4 is 5.32 Å². The molecule has 0 unspecified atom stereocenters. The normalized spacial score (nSPS) is 21.8. The first-order chi connectivity index (χ1) is 13.8. The zero-order chi connectivity index (χ0) is 18.9. The highest BCUT2D eigenvalue weighted by Gasteiger charge is 2.31. The van der Waals surface area contributed by atoms with Gasteiger partial charge >= 0.3 is 0 Å². The van der Waals surface area contributed by atoms with Crippen molar-refractivity contribution in [1.29, 1.82) is 0 Å². The standard InChI is InChI=1S/C22H25N5O/c28-22(27-13-17-6-7-19(14-27)23-11-17)18-10-20-21(24-12-18)26(15-25-20)9-8-16-4-2-1-3-5-16/h1-5,10,12,15,17,19,23H,6-9,11,13-14H2/t17-,19-/m0/s1. The number of nitrogens with zero attached hydrogens (tertiary/aromatic N) is 4. The van der Waals surface area contributed by atoms with E-state index in [4.69, 9.17) is 0 Å². The lowest BCUT2D eigenvalue weighted by Gasteiger charge is -2.23. The molecule has 1 aromatic carbocycles. The SMILES string of the molecule is O=C(c1cnc2c(c1)ncn2CCc1ccccc1)N1C[C@H]2CC[C@@H](C1)NC2. The molecule has 3 aliphatic rings. The van der Waals surface area contributed by atoms with Gasteiger partial charge in [0.25, 0.3) is 5.91 Å². The topological polar surface area (TPSA) is 63.1 Å². The number of benzene rings is 1. The van der Waals surface area contributed by atoms with Crippen molar-refractivity contribution < 1.29 is 4.79 Å². The Kier molecular flexibility index (Phi) is 4.56. The molecule has 1 N–H and O–H groups in total. The van der Waals surface area contributed by atoms with E-state index < -0.39 is 0 Å². The van der Waals surface area contributed by atoms with E-state index in [0.717, 1.165) is 50.2 Å². The number of carbonyl (C=O) groups excluding carboxylic acids is 1. The van der Waals surface area contributed by atoms with Gasteiger partial charge in [0.15, 0.2) is 5.65 Å². The second kappa shape index (κ2) is 7.36. The van der Waals surface area contributed by atoms with Gasteiger partial charge in [-0.3, -0.25) is 4.79 Å². The summed E-state index contributed by atoms with van der Waals surface area (Å²) >= 11 is 0. The van der Waals surface area contributed by atoms with Crippen LogP contribution in [0.3, 0.4) is 0 Å². The Bertz CT molecular complexity index is 961. The molecule has 3 aromatic rings. The Morgan fingerprint density at radius 2 is 2.04 bits per heavy atom. The first-order valence-corrected chi connectivity index (χ1v) is 10.1. The van der Waals surface area contributed by atoms with Crippen molar-refractivity contribution in [1.82, 2.24) is 24.8 Å². The number of aromatic nitrogens is 3. The van der Waals surface area contributed by atoms with Crippen molar-refractivity contribution in [3.05, 3.63) is 60.0 Å². The van der Waals surface area contributed by atoms with E-state index in [9.17, 15) is 4.79 Å². The molecule has 1 amide bonds. The third-order valence-electron chi connectivity index (χ3n) is 6.01. The van der Waals surface area contributed by atoms with Gasteiger partial charge in [-0.1, -0.05) is 30.3 Å². The number of amides is 1. The maximum Gasteiger partial charge on any atom is 0.255 e. The molecule has 2 aromatic heterocycles. The van der Waals surface area contributed by atoms with Gasteiger partial charge in [-0.25, -0.2) is 9.97 Å². The molecule has 0 aliphatic carbocycles.